The Kier molecular flexibility index (Phi) is 8.56. The van der Waals surface area contributed by atoms with Crippen LogP contribution in [0, 0.1) is 0 Å². The minimum atomic E-state index is -0.407. The summed E-state index contributed by atoms with van der Waals surface area (Å²) < 4.78 is 11.0. The zero-order chi connectivity index (χ0) is 24.8. The third-order valence-corrected chi connectivity index (χ3v) is 5.93. The number of halogens is 2. The Morgan fingerprint density at radius 1 is 1.00 bits per heavy atom. The molecule has 1 amide bonds. The van der Waals surface area contributed by atoms with E-state index in [1.807, 2.05) is 31.2 Å². The average Bonchev–Trinajstić information content (AvgIpc) is 2.82. The first-order valence-electron chi connectivity index (χ1n) is 10.5. The summed E-state index contributed by atoms with van der Waals surface area (Å²) in [5, 5.41) is 12.6. The van der Waals surface area contributed by atoms with Crippen molar-refractivity contribution in [1.29, 1.82) is 0 Å². The van der Waals surface area contributed by atoms with Crippen molar-refractivity contribution < 1.29 is 24.2 Å². The third-order valence-electron chi connectivity index (χ3n) is 5.34. The minimum Gasteiger partial charge on any atom is -0.496 e. The molecule has 6 nitrogen and oxygen atoms in total. The SMILES string of the molecule is COc1cc(CO)cc(OC)c1-c1ccc(CC(C)NC(=O)c2c(Cl)cc(C=O)cc2Cl)cc1. The second-order valence-electron chi connectivity index (χ2n) is 7.79. The molecule has 0 aromatic heterocycles. The lowest BCUT2D eigenvalue weighted by molar-refractivity contribution is 0.0939. The molecule has 0 aliphatic carbocycles. The molecule has 8 heteroatoms. The van der Waals surface area contributed by atoms with Crippen molar-refractivity contribution in [3.8, 4) is 22.6 Å². The molecule has 0 heterocycles. The van der Waals surface area contributed by atoms with E-state index in [4.69, 9.17) is 32.7 Å². The molecule has 0 saturated heterocycles. The van der Waals surface area contributed by atoms with E-state index in [1.165, 1.54) is 12.1 Å². The van der Waals surface area contributed by atoms with Crippen LogP contribution in [0.1, 0.15) is 38.8 Å². The van der Waals surface area contributed by atoms with Crippen molar-refractivity contribution in [2.75, 3.05) is 14.2 Å². The van der Waals surface area contributed by atoms with Crippen molar-refractivity contribution in [2.24, 2.45) is 0 Å². The van der Waals surface area contributed by atoms with Crippen LogP contribution in [0.25, 0.3) is 11.1 Å². The zero-order valence-corrected chi connectivity index (χ0v) is 20.5. The molecule has 2 N–H and O–H groups in total. The van der Waals surface area contributed by atoms with E-state index in [0.717, 1.165) is 16.7 Å². The summed E-state index contributed by atoms with van der Waals surface area (Å²) in [5.74, 6) is 0.798. The van der Waals surface area contributed by atoms with Gasteiger partial charge in [0.2, 0.25) is 0 Å². The third kappa shape index (κ3) is 5.70. The van der Waals surface area contributed by atoms with Crippen LogP contribution in [-0.2, 0) is 13.0 Å². The number of rotatable bonds is 9. The number of nitrogens with one attached hydrogen (secondary N) is 1. The summed E-state index contributed by atoms with van der Waals surface area (Å²) in [7, 11) is 3.15. The number of methoxy groups -OCH3 is 2. The molecule has 3 rings (SSSR count). The summed E-state index contributed by atoms with van der Waals surface area (Å²) in [6, 6.07) is 14.0. The fourth-order valence-electron chi connectivity index (χ4n) is 3.73. The number of aliphatic hydroxyl groups is 1. The van der Waals surface area contributed by atoms with Crippen LogP contribution in [-0.4, -0.2) is 37.6 Å². The monoisotopic (exact) mass is 501 g/mol. The van der Waals surface area contributed by atoms with Crippen molar-refractivity contribution in [3.63, 3.8) is 0 Å². The van der Waals surface area contributed by atoms with Gasteiger partial charge in [-0.1, -0.05) is 47.5 Å². The van der Waals surface area contributed by atoms with Crippen molar-refractivity contribution in [2.45, 2.75) is 26.0 Å². The van der Waals surface area contributed by atoms with Crippen LogP contribution in [0.15, 0.2) is 48.5 Å². The first kappa shape index (κ1) is 25.6. The number of carbonyl (C=O) groups excluding carboxylic acids is 2. The quantitative estimate of drug-likeness (QED) is 0.386. The number of aliphatic hydroxyl groups excluding tert-OH is 1. The van der Waals surface area contributed by atoms with E-state index < -0.39 is 5.91 Å². The van der Waals surface area contributed by atoms with Gasteiger partial charge in [0.1, 0.15) is 17.8 Å². The molecule has 3 aromatic carbocycles. The minimum absolute atomic E-state index is 0.118. The normalized spacial score (nSPS) is 11.6. The van der Waals surface area contributed by atoms with E-state index in [1.54, 1.807) is 26.4 Å². The maximum atomic E-state index is 12.7. The molecule has 34 heavy (non-hydrogen) atoms. The van der Waals surface area contributed by atoms with Crippen LogP contribution in [0.3, 0.4) is 0 Å². The van der Waals surface area contributed by atoms with Gasteiger partial charge in [0.25, 0.3) is 5.91 Å². The first-order chi connectivity index (χ1) is 16.3. The average molecular weight is 502 g/mol. The summed E-state index contributed by atoms with van der Waals surface area (Å²) >= 11 is 12.3. The van der Waals surface area contributed by atoms with Crippen LogP contribution >= 0.6 is 23.2 Å². The van der Waals surface area contributed by atoms with Gasteiger partial charge in [0.05, 0.1) is 42.0 Å². The topological polar surface area (TPSA) is 84.9 Å². The van der Waals surface area contributed by atoms with Gasteiger partial charge >= 0.3 is 0 Å². The van der Waals surface area contributed by atoms with Gasteiger partial charge in [-0.15, -0.1) is 0 Å². The predicted octanol–water partition coefficient (Wildman–Crippen LogP) is 5.34. The number of hydrogen-bond donors (Lipinski definition) is 2. The summed E-state index contributed by atoms with van der Waals surface area (Å²) in [5.41, 5.74) is 3.83. The van der Waals surface area contributed by atoms with Gasteiger partial charge in [0, 0.05) is 11.6 Å². The van der Waals surface area contributed by atoms with E-state index in [2.05, 4.69) is 5.32 Å². The van der Waals surface area contributed by atoms with E-state index in [0.29, 0.717) is 35.3 Å². The van der Waals surface area contributed by atoms with Gasteiger partial charge in [-0.2, -0.15) is 0 Å². The van der Waals surface area contributed by atoms with Gasteiger partial charge in [-0.3, -0.25) is 9.59 Å². The maximum Gasteiger partial charge on any atom is 0.254 e. The molecule has 0 fully saturated rings. The molecule has 3 aromatic rings. The highest BCUT2D eigenvalue weighted by atomic mass is 35.5. The van der Waals surface area contributed by atoms with E-state index in [9.17, 15) is 14.7 Å². The lowest BCUT2D eigenvalue weighted by atomic mass is 9.98. The summed E-state index contributed by atoms with van der Waals surface area (Å²) in [6.45, 7) is 1.76. The fraction of sp³-hybridized carbons (Fsp3) is 0.231. The number of ether oxygens (including phenoxy) is 2. The Hall–Kier alpha value is -3.06. The van der Waals surface area contributed by atoms with Crippen molar-refractivity contribution >= 4 is 35.4 Å². The van der Waals surface area contributed by atoms with E-state index >= 15 is 0 Å². The van der Waals surface area contributed by atoms with Crippen LogP contribution in [0.4, 0.5) is 0 Å². The lowest BCUT2D eigenvalue weighted by Crippen LogP contribution is -2.34. The molecule has 0 bridgehead atoms. The number of hydrogen-bond acceptors (Lipinski definition) is 5. The number of aldehydes is 1. The number of benzene rings is 3. The second-order valence-corrected chi connectivity index (χ2v) is 8.60. The van der Waals surface area contributed by atoms with Gasteiger partial charge in [-0.05, 0) is 54.3 Å². The molecule has 0 saturated carbocycles. The highest BCUT2D eigenvalue weighted by molar-refractivity contribution is 6.40. The molecule has 0 aliphatic heterocycles. The van der Waals surface area contributed by atoms with Crippen LogP contribution in [0.2, 0.25) is 10.0 Å². The van der Waals surface area contributed by atoms with Crippen molar-refractivity contribution in [1.82, 2.24) is 5.32 Å². The molecule has 0 spiro atoms. The highest BCUT2D eigenvalue weighted by Crippen LogP contribution is 2.39. The lowest BCUT2D eigenvalue weighted by Gasteiger charge is -2.17. The van der Waals surface area contributed by atoms with Gasteiger partial charge in [-0.25, -0.2) is 0 Å². The summed E-state index contributed by atoms with van der Waals surface area (Å²) in [4.78, 5) is 23.7. The Morgan fingerprint density at radius 3 is 2.03 bits per heavy atom. The van der Waals surface area contributed by atoms with E-state index in [-0.39, 0.29) is 28.3 Å². The van der Waals surface area contributed by atoms with Gasteiger partial charge < -0.3 is 19.9 Å². The molecule has 0 aliphatic rings. The number of amides is 1. The fourth-order valence-corrected chi connectivity index (χ4v) is 4.40. The standard InChI is InChI=1S/C26H25Cl2NO5/c1-15(29-26(32)25-20(27)9-17(13-30)10-21(25)28)8-16-4-6-19(7-5-16)24-22(33-2)11-18(14-31)12-23(24)34-3/h4-7,9-13,15,31H,8,14H2,1-3H3,(H,29,32). The Labute approximate surface area is 208 Å². The summed E-state index contributed by atoms with van der Waals surface area (Å²) in [6.07, 6.45) is 1.20. The zero-order valence-electron chi connectivity index (χ0n) is 19.0. The molecule has 178 valence electrons. The Bertz CT molecular complexity index is 1150. The van der Waals surface area contributed by atoms with Crippen LogP contribution in [0.5, 0.6) is 11.5 Å². The molecule has 1 unspecified atom stereocenters. The highest BCUT2D eigenvalue weighted by Gasteiger charge is 2.19. The predicted molar refractivity (Wildman–Crippen MR) is 133 cm³/mol. The molecular formula is C26H25Cl2NO5. The van der Waals surface area contributed by atoms with Crippen LogP contribution < -0.4 is 14.8 Å². The first-order valence-corrected chi connectivity index (χ1v) is 11.3. The van der Waals surface area contributed by atoms with Crippen molar-refractivity contribution in [3.05, 3.63) is 80.8 Å². The number of carbonyl (C=O) groups is 2. The largest absolute Gasteiger partial charge is 0.496 e. The second kappa shape index (κ2) is 11.4. The van der Waals surface area contributed by atoms with Gasteiger partial charge in [0.15, 0.2) is 0 Å². The smallest absolute Gasteiger partial charge is 0.254 e. The Morgan fingerprint density at radius 2 is 1.56 bits per heavy atom. The maximum absolute atomic E-state index is 12.7. The molecule has 0 radical (unpaired) electrons. The molecule has 1 atom stereocenters. The molecular weight excluding hydrogens is 477 g/mol. The Balaban J connectivity index is 1.76.